The maximum absolute atomic E-state index is 15.1. The van der Waals surface area contributed by atoms with Gasteiger partial charge in [0.1, 0.15) is 11.4 Å². The van der Waals surface area contributed by atoms with E-state index in [4.69, 9.17) is 17.0 Å². The van der Waals surface area contributed by atoms with Crippen molar-refractivity contribution in [2.45, 2.75) is 31.9 Å². The number of nitrogens with zero attached hydrogens (tertiary/aromatic N) is 1. The van der Waals surface area contributed by atoms with Gasteiger partial charge in [0.05, 0.1) is 18.7 Å². The first-order valence-electron chi connectivity index (χ1n) is 10.7. The molecule has 0 bridgehead atoms. The lowest BCUT2D eigenvalue weighted by Crippen LogP contribution is -2.56. The molecule has 1 aliphatic rings. The number of hydrogen-bond acceptors (Lipinski definition) is 5. The molecule has 1 heterocycles. The second-order valence-corrected chi connectivity index (χ2v) is 10.4. The fraction of sp³-hybridized carbons (Fsp3) is 0.375. The lowest BCUT2D eigenvalue weighted by molar-refractivity contribution is 0.0277. The van der Waals surface area contributed by atoms with Crippen molar-refractivity contribution >= 4 is 45.3 Å². The van der Waals surface area contributed by atoms with Gasteiger partial charge in [0, 0.05) is 28.1 Å². The minimum atomic E-state index is -1.32. The SMILES string of the molecule is CC(C)(C)OC(=O)N1CC(CO)C(NC(=S)NC(=O)c2ccccc2)(c2cc(Br)ccc2F)C1. The van der Waals surface area contributed by atoms with Crippen LogP contribution in [0.15, 0.2) is 53.0 Å². The van der Waals surface area contributed by atoms with Gasteiger partial charge < -0.3 is 20.1 Å². The van der Waals surface area contributed by atoms with Crippen LogP contribution in [0.1, 0.15) is 36.7 Å². The van der Waals surface area contributed by atoms with E-state index in [-0.39, 0.29) is 30.4 Å². The summed E-state index contributed by atoms with van der Waals surface area (Å²) in [4.78, 5) is 26.9. The van der Waals surface area contributed by atoms with Gasteiger partial charge in [-0.05, 0) is 63.3 Å². The third kappa shape index (κ3) is 5.92. The van der Waals surface area contributed by atoms with Crippen molar-refractivity contribution in [3.05, 3.63) is 69.9 Å². The van der Waals surface area contributed by atoms with E-state index in [0.29, 0.717) is 10.0 Å². The number of amides is 2. The zero-order chi connectivity index (χ0) is 25.1. The molecule has 2 unspecified atom stereocenters. The predicted molar refractivity (Wildman–Crippen MR) is 134 cm³/mol. The summed E-state index contributed by atoms with van der Waals surface area (Å²) in [5.41, 5.74) is -1.46. The van der Waals surface area contributed by atoms with Crippen molar-refractivity contribution in [2.75, 3.05) is 19.7 Å². The Morgan fingerprint density at radius 1 is 1.26 bits per heavy atom. The molecule has 1 fully saturated rings. The predicted octanol–water partition coefficient (Wildman–Crippen LogP) is 3.95. The normalized spacial score (nSPS) is 20.1. The Labute approximate surface area is 211 Å². The summed E-state index contributed by atoms with van der Waals surface area (Å²) in [6.07, 6.45) is -0.593. The Morgan fingerprint density at radius 3 is 2.56 bits per heavy atom. The van der Waals surface area contributed by atoms with Gasteiger partial charge in [-0.15, -0.1) is 0 Å². The summed E-state index contributed by atoms with van der Waals surface area (Å²) < 4.78 is 21.3. The van der Waals surface area contributed by atoms with E-state index < -0.39 is 34.9 Å². The third-order valence-corrected chi connectivity index (χ3v) is 6.16. The van der Waals surface area contributed by atoms with E-state index in [1.165, 1.54) is 11.0 Å². The van der Waals surface area contributed by atoms with Crippen LogP contribution in [-0.2, 0) is 10.3 Å². The number of likely N-dealkylation sites (tertiary alicyclic amines) is 1. The van der Waals surface area contributed by atoms with Gasteiger partial charge in [-0.2, -0.15) is 0 Å². The average molecular weight is 552 g/mol. The molecule has 34 heavy (non-hydrogen) atoms. The summed E-state index contributed by atoms with van der Waals surface area (Å²) >= 11 is 8.78. The molecule has 0 aromatic heterocycles. The molecular formula is C24H27BrFN3O4S. The lowest BCUT2D eigenvalue weighted by atomic mass is 9.80. The monoisotopic (exact) mass is 551 g/mol. The maximum Gasteiger partial charge on any atom is 0.410 e. The molecule has 1 saturated heterocycles. The summed E-state index contributed by atoms with van der Waals surface area (Å²) in [5, 5.41) is 15.9. The Bertz CT molecular complexity index is 1080. The number of benzene rings is 2. The van der Waals surface area contributed by atoms with Crippen molar-refractivity contribution < 1.29 is 23.8 Å². The van der Waals surface area contributed by atoms with Crippen molar-refractivity contribution in [1.29, 1.82) is 0 Å². The number of carbonyl (C=O) groups is 2. The molecule has 2 aromatic carbocycles. The van der Waals surface area contributed by atoms with Crippen LogP contribution in [0.5, 0.6) is 0 Å². The summed E-state index contributed by atoms with van der Waals surface area (Å²) in [7, 11) is 0. The number of aliphatic hydroxyl groups is 1. The molecule has 182 valence electrons. The standard InChI is InChI=1S/C24H27BrFN3O4S/c1-23(2,3)33-22(32)29-12-16(13-30)24(14-29,18-11-17(25)9-10-19(18)26)28-21(34)27-20(31)15-7-5-4-6-8-15/h4-11,16,30H,12-14H2,1-3H3,(H2,27,28,31,34). The Morgan fingerprint density at radius 2 is 1.94 bits per heavy atom. The molecule has 0 aliphatic carbocycles. The molecule has 2 atom stereocenters. The molecule has 0 spiro atoms. The zero-order valence-electron chi connectivity index (χ0n) is 19.1. The Kier molecular flexibility index (Phi) is 7.95. The zero-order valence-corrected chi connectivity index (χ0v) is 21.5. The smallest absolute Gasteiger partial charge is 0.410 e. The summed E-state index contributed by atoms with van der Waals surface area (Å²) in [6, 6.07) is 12.9. The van der Waals surface area contributed by atoms with E-state index in [0.717, 1.165) is 0 Å². The molecule has 10 heteroatoms. The molecule has 7 nitrogen and oxygen atoms in total. The van der Waals surface area contributed by atoms with E-state index in [1.54, 1.807) is 63.2 Å². The van der Waals surface area contributed by atoms with E-state index >= 15 is 4.39 Å². The highest BCUT2D eigenvalue weighted by Crippen LogP contribution is 2.40. The van der Waals surface area contributed by atoms with Crippen LogP contribution in [0.2, 0.25) is 0 Å². The van der Waals surface area contributed by atoms with Gasteiger partial charge in [-0.3, -0.25) is 10.1 Å². The minimum absolute atomic E-state index is 0.0398. The number of carbonyl (C=O) groups excluding carboxylic acids is 2. The van der Waals surface area contributed by atoms with Gasteiger partial charge in [0.15, 0.2) is 5.11 Å². The number of halogens is 2. The third-order valence-electron chi connectivity index (χ3n) is 5.46. The van der Waals surface area contributed by atoms with E-state index in [2.05, 4.69) is 26.6 Å². The maximum atomic E-state index is 15.1. The Balaban J connectivity index is 1.96. The number of ether oxygens (including phenoxy) is 1. The van der Waals surface area contributed by atoms with Crippen LogP contribution in [0, 0.1) is 11.7 Å². The fourth-order valence-corrected chi connectivity index (χ4v) is 4.58. The topological polar surface area (TPSA) is 90.9 Å². The van der Waals surface area contributed by atoms with Crippen LogP contribution in [0.25, 0.3) is 0 Å². The van der Waals surface area contributed by atoms with Gasteiger partial charge in [0.25, 0.3) is 5.91 Å². The van der Waals surface area contributed by atoms with Gasteiger partial charge >= 0.3 is 6.09 Å². The number of nitrogens with one attached hydrogen (secondary N) is 2. The molecule has 0 radical (unpaired) electrons. The Hall–Kier alpha value is -2.56. The highest BCUT2D eigenvalue weighted by atomic mass is 79.9. The minimum Gasteiger partial charge on any atom is -0.444 e. The van der Waals surface area contributed by atoms with Crippen LogP contribution >= 0.6 is 28.1 Å². The fourth-order valence-electron chi connectivity index (χ4n) is 3.95. The number of aliphatic hydroxyl groups excluding tert-OH is 1. The highest BCUT2D eigenvalue weighted by Gasteiger charge is 2.51. The first kappa shape index (κ1) is 26.1. The summed E-state index contributed by atoms with van der Waals surface area (Å²) in [5.74, 6) is -1.63. The quantitative estimate of drug-likeness (QED) is 0.498. The summed E-state index contributed by atoms with van der Waals surface area (Å²) in [6.45, 7) is 4.93. The molecule has 2 amide bonds. The van der Waals surface area contributed by atoms with Crippen molar-refractivity contribution in [3.8, 4) is 0 Å². The molecule has 3 N–H and O–H groups in total. The lowest BCUT2D eigenvalue weighted by Gasteiger charge is -2.36. The molecular weight excluding hydrogens is 525 g/mol. The van der Waals surface area contributed by atoms with Crippen molar-refractivity contribution in [2.24, 2.45) is 5.92 Å². The second-order valence-electron chi connectivity index (χ2n) is 9.11. The highest BCUT2D eigenvalue weighted by molar-refractivity contribution is 9.10. The largest absolute Gasteiger partial charge is 0.444 e. The van der Waals surface area contributed by atoms with Gasteiger partial charge in [0.2, 0.25) is 0 Å². The van der Waals surface area contributed by atoms with Crippen LogP contribution in [0.3, 0.4) is 0 Å². The van der Waals surface area contributed by atoms with Gasteiger partial charge in [-0.25, -0.2) is 9.18 Å². The van der Waals surface area contributed by atoms with Crippen molar-refractivity contribution in [1.82, 2.24) is 15.5 Å². The number of hydrogen-bond donors (Lipinski definition) is 3. The average Bonchev–Trinajstić information content (AvgIpc) is 3.14. The molecule has 0 saturated carbocycles. The van der Waals surface area contributed by atoms with Crippen molar-refractivity contribution in [3.63, 3.8) is 0 Å². The number of thiocarbonyl (C=S) groups is 1. The molecule has 3 rings (SSSR count). The van der Waals surface area contributed by atoms with E-state index in [1.807, 2.05) is 0 Å². The van der Waals surface area contributed by atoms with E-state index in [9.17, 15) is 14.7 Å². The second kappa shape index (κ2) is 10.4. The van der Waals surface area contributed by atoms with Crippen LogP contribution in [0.4, 0.5) is 9.18 Å². The molecule has 1 aliphatic heterocycles. The van der Waals surface area contributed by atoms with Crippen LogP contribution < -0.4 is 10.6 Å². The molecule has 2 aromatic rings. The first-order valence-corrected chi connectivity index (χ1v) is 11.9. The van der Waals surface area contributed by atoms with Crippen LogP contribution in [-0.4, -0.2) is 52.4 Å². The first-order chi connectivity index (χ1) is 15.9. The number of rotatable bonds is 4. The van der Waals surface area contributed by atoms with Gasteiger partial charge in [-0.1, -0.05) is 34.1 Å².